The van der Waals surface area contributed by atoms with E-state index in [1.54, 1.807) is 13.3 Å². The first-order valence-electron chi connectivity index (χ1n) is 12.4. The average Bonchev–Trinajstić information content (AvgIpc) is 2.86. The fourth-order valence-corrected chi connectivity index (χ4v) is 5.62. The summed E-state index contributed by atoms with van der Waals surface area (Å²) in [7, 11) is 1.61. The summed E-state index contributed by atoms with van der Waals surface area (Å²) in [5, 5.41) is 25.1. The van der Waals surface area contributed by atoms with Gasteiger partial charge in [0, 0.05) is 36.8 Å². The number of nitrogens with one attached hydrogen (secondary N) is 1. The van der Waals surface area contributed by atoms with Crippen molar-refractivity contribution in [1.29, 1.82) is 0 Å². The molecule has 1 saturated heterocycles. The van der Waals surface area contributed by atoms with Crippen LogP contribution in [0.25, 0.3) is 10.9 Å². The number of hydrogen-bond donors (Lipinski definition) is 3. The van der Waals surface area contributed by atoms with Gasteiger partial charge in [0.1, 0.15) is 5.75 Å². The van der Waals surface area contributed by atoms with E-state index >= 15 is 0 Å². The lowest BCUT2D eigenvalue weighted by atomic mass is 9.74. The van der Waals surface area contributed by atoms with E-state index in [1.807, 2.05) is 30.3 Å². The zero-order valence-electron chi connectivity index (χ0n) is 20.0. The van der Waals surface area contributed by atoms with Crippen molar-refractivity contribution in [2.45, 2.75) is 43.4 Å². The van der Waals surface area contributed by atoms with E-state index in [0.717, 1.165) is 42.3 Å². The number of ether oxygens (including phenoxy) is 1. The minimum atomic E-state index is -0.779. The Hall–Kier alpha value is -3.00. The monoisotopic (exact) mass is 475 g/mol. The highest BCUT2D eigenvalue weighted by atomic mass is 16.5. The van der Waals surface area contributed by atoms with Crippen LogP contribution in [0, 0.1) is 5.92 Å². The van der Waals surface area contributed by atoms with Crippen molar-refractivity contribution in [3.05, 3.63) is 71.9 Å². The fraction of sp³-hybridized carbons (Fsp3) is 0.429. The lowest BCUT2D eigenvalue weighted by molar-refractivity contribution is -0.145. The number of aromatic nitrogens is 1. The molecule has 1 aromatic heterocycles. The molecule has 184 valence electrons. The lowest BCUT2D eigenvalue weighted by Gasteiger charge is -2.47. The van der Waals surface area contributed by atoms with Gasteiger partial charge in [-0.05, 0) is 67.1 Å². The molecule has 35 heavy (non-hydrogen) atoms. The van der Waals surface area contributed by atoms with Crippen LogP contribution in [0.2, 0.25) is 0 Å². The van der Waals surface area contributed by atoms with Gasteiger partial charge in [-0.1, -0.05) is 30.3 Å². The molecular formula is C28H33N3O4. The second-order valence-corrected chi connectivity index (χ2v) is 9.77. The number of fused-ring (bicyclic) bond motifs is 1. The number of carboxylic acid groups (broad SMARTS) is 1. The van der Waals surface area contributed by atoms with E-state index in [2.05, 4.69) is 39.5 Å². The number of rotatable bonds is 8. The predicted molar refractivity (Wildman–Crippen MR) is 135 cm³/mol. The number of carbonyl (C=O) groups is 1. The third-order valence-corrected chi connectivity index (χ3v) is 7.78. The van der Waals surface area contributed by atoms with Crippen LogP contribution in [-0.2, 0) is 4.79 Å². The maximum Gasteiger partial charge on any atom is 0.309 e. The number of benzene rings is 2. The van der Waals surface area contributed by atoms with E-state index in [-0.39, 0.29) is 12.6 Å². The first-order chi connectivity index (χ1) is 17.0. The number of carboxylic acids is 1. The molecule has 2 aliphatic rings. The summed E-state index contributed by atoms with van der Waals surface area (Å²) in [6, 6.07) is 18.3. The maximum absolute atomic E-state index is 12.1. The Morgan fingerprint density at radius 2 is 2.00 bits per heavy atom. The Morgan fingerprint density at radius 3 is 2.74 bits per heavy atom. The number of aliphatic hydroxyl groups is 1. The smallest absolute Gasteiger partial charge is 0.309 e. The molecule has 0 amide bonds. The van der Waals surface area contributed by atoms with Crippen LogP contribution in [0.3, 0.4) is 0 Å². The fourth-order valence-electron chi connectivity index (χ4n) is 5.62. The van der Waals surface area contributed by atoms with Crippen molar-refractivity contribution in [1.82, 2.24) is 15.2 Å². The minimum Gasteiger partial charge on any atom is -0.497 e. The Bertz CT molecular complexity index is 1170. The van der Waals surface area contributed by atoms with Crippen LogP contribution in [0.5, 0.6) is 5.75 Å². The summed E-state index contributed by atoms with van der Waals surface area (Å²) < 4.78 is 5.33. The first-order valence-corrected chi connectivity index (χ1v) is 12.4. The van der Waals surface area contributed by atoms with Crippen molar-refractivity contribution in [2.24, 2.45) is 5.92 Å². The van der Waals surface area contributed by atoms with Crippen molar-refractivity contribution < 1.29 is 19.7 Å². The number of hydrogen-bond acceptors (Lipinski definition) is 6. The van der Waals surface area contributed by atoms with Gasteiger partial charge in [0.05, 0.1) is 24.6 Å². The largest absolute Gasteiger partial charge is 0.497 e. The molecule has 1 aliphatic heterocycles. The molecule has 2 unspecified atom stereocenters. The van der Waals surface area contributed by atoms with Crippen LogP contribution in [0.1, 0.15) is 42.4 Å². The highest BCUT2D eigenvalue weighted by molar-refractivity contribution is 5.83. The van der Waals surface area contributed by atoms with Crippen LogP contribution in [0.4, 0.5) is 0 Å². The zero-order valence-corrected chi connectivity index (χ0v) is 20.0. The Morgan fingerprint density at radius 1 is 1.20 bits per heavy atom. The van der Waals surface area contributed by atoms with E-state index in [1.165, 1.54) is 5.56 Å². The van der Waals surface area contributed by atoms with Gasteiger partial charge in [-0.15, -0.1) is 0 Å². The molecule has 3 atom stereocenters. The summed E-state index contributed by atoms with van der Waals surface area (Å²) in [6.07, 6.45) is 3.84. The van der Waals surface area contributed by atoms with Crippen LogP contribution >= 0.6 is 0 Å². The molecule has 0 bridgehead atoms. The predicted octanol–water partition coefficient (Wildman–Crippen LogP) is 3.59. The first kappa shape index (κ1) is 23.7. The summed E-state index contributed by atoms with van der Waals surface area (Å²) >= 11 is 0. The summed E-state index contributed by atoms with van der Waals surface area (Å²) in [5.74, 6) is 0.000673. The molecule has 1 saturated carbocycles. The third-order valence-electron chi connectivity index (χ3n) is 7.78. The topological polar surface area (TPSA) is 94.9 Å². The molecule has 7 heteroatoms. The highest BCUT2D eigenvalue weighted by Crippen LogP contribution is 2.41. The summed E-state index contributed by atoms with van der Waals surface area (Å²) in [5.41, 5.74) is 2.92. The van der Waals surface area contributed by atoms with Gasteiger partial charge in [-0.25, -0.2) is 0 Å². The molecule has 0 radical (unpaired) electrons. The van der Waals surface area contributed by atoms with E-state index in [4.69, 9.17) is 4.74 Å². The Balaban J connectivity index is 1.20. The van der Waals surface area contributed by atoms with Crippen LogP contribution in [-0.4, -0.2) is 64.9 Å². The molecule has 2 fully saturated rings. The molecule has 3 aromatic rings. The zero-order chi connectivity index (χ0) is 24.4. The SMILES string of the molecule is COc1ccc2nccc([C@H](O)CNC3CCN(C4CC(c5ccccc5)C4)CC3C(=O)O)c2c1. The van der Waals surface area contributed by atoms with Gasteiger partial charge < -0.3 is 20.3 Å². The van der Waals surface area contributed by atoms with Gasteiger partial charge in [-0.2, -0.15) is 0 Å². The normalized spacial score (nSPS) is 25.7. The standard InChI is InChI=1S/C28H33N3O4/c1-35-21-7-8-25-23(15-21)22(9-11-29-25)27(32)16-30-26-10-12-31(17-24(26)28(33)34)20-13-19(14-20)18-5-3-2-4-6-18/h2-9,11,15,19-20,24,26-27,30,32H,10,12-14,16-17H2,1H3,(H,33,34)/t19?,20?,24?,26?,27-/m1/s1. The van der Waals surface area contributed by atoms with Crippen molar-refractivity contribution in [3.63, 3.8) is 0 Å². The lowest BCUT2D eigenvalue weighted by Crippen LogP contribution is -2.57. The van der Waals surface area contributed by atoms with Gasteiger partial charge in [0.15, 0.2) is 0 Å². The van der Waals surface area contributed by atoms with E-state index in [0.29, 0.717) is 24.3 Å². The number of aliphatic carboxylic acids is 1. The summed E-state index contributed by atoms with van der Waals surface area (Å²) in [4.78, 5) is 18.9. The minimum absolute atomic E-state index is 0.175. The Labute approximate surface area is 205 Å². The molecule has 1 aliphatic carbocycles. The second-order valence-electron chi connectivity index (χ2n) is 9.77. The highest BCUT2D eigenvalue weighted by Gasteiger charge is 2.41. The average molecular weight is 476 g/mol. The number of piperidine rings is 1. The molecule has 2 heterocycles. The van der Waals surface area contributed by atoms with Gasteiger partial charge in [0.25, 0.3) is 0 Å². The van der Waals surface area contributed by atoms with Gasteiger partial charge in [-0.3, -0.25) is 14.7 Å². The third kappa shape index (κ3) is 5.03. The maximum atomic E-state index is 12.1. The van der Waals surface area contributed by atoms with Crippen LogP contribution in [0.15, 0.2) is 60.8 Å². The molecule has 7 nitrogen and oxygen atoms in total. The van der Waals surface area contributed by atoms with Crippen molar-refractivity contribution >= 4 is 16.9 Å². The van der Waals surface area contributed by atoms with Gasteiger partial charge in [0.2, 0.25) is 0 Å². The number of aliphatic hydroxyl groups excluding tert-OH is 1. The van der Waals surface area contributed by atoms with Crippen LogP contribution < -0.4 is 10.1 Å². The van der Waals surface area contributed by atoms with E-state index in [9.17, 15) is 15.0 Å². The van der Waals surface area contributed by atoms with Crippen molar-refractivity contribution in [2.75, 3.05) is 26.7 Å². The molecule has 2 aromatic carbocycles. The molecule has 0 spiro atoms. The quantitative estimate of drug-likeness (QED) is 0.458. The second kappa shape index (κ2) is 10.3. The van der Waals surface area contributed by atoms with Gasteiger partial charge >= 0.3 is 5.97 Å². The number of likely N-dealkylation sites (tertiary alicyclic amines) is 1. The van der Waals surface area contributed by atoms with E-state index < -0.39 is 18.0 Å². The number of methoxy groups -OCH3 is 1. The molecular weight excluding hydrogens is 442 g/mol. The summed E-state index contributed by atoms with van der Waals surface area (Å²) in [6.45, 7) is 1.70. The molecule has 3 N–H and O–H groups in total. The Kier molecular flexibility index (Phi) is 7.00. The number of nitrogens with zero attached hydrogens (tertiary/aromatic N) is 2. The molecule has 5 rings (SSSR count). The number of pyridine rings is 1. The van der Waals surface area contributed by atoms with Crippen molar-refractivity contribution in [3.8, 4) is 5.75 Å².